The van der Waals surface area contributed by atoms with Gasteiger partial charge in [0.2, 0.25) is 11.8 Å². The fourth-order valence-corrected chi connectivity index (χ4v) is 4.73. The van der Waals surface area contributed by atoms with Crippen molar-refractivity contribution in [3.05, 3.63) is 64.1 Å². The number of rotatable bonds is 5. The minimum atomic E-state index is -0.800. The highest BCUT2D eigenvalue weighted by molar-refractivity contribution is 9.10. The normalized spacial score (nSPS) is 21.3. The number of amides is 4. The Morgan fingerprint density at radius 3 is 2.43 bits per heavy atom. The molecule has 0 spiro atoms. The lowest BCUT2D eigenvalue weighted by molar-refractivity contribution is -0.125. The van der Waals surface area contributed by atoms with Gasteiger partial charge in [-0.15, -0.1) is 0 Å². The number of halogens is 1. The summed E-state index contributed by atoms with van der Waals surface area (Å²) in [6, 6.07) is 12.5. The van der Waals surface area contributed by atoms with Gasteiger partial charge in [-0.3, -0.25) is 34.9 Å². The molecule has 0 bridgehead atoms. The van der Waals surface area contributed by atoms with Gasteiger partial charge >= 0.3 is 5.97 Å². The lowest BCUT2D eigenvalue weighted by Crippen LogP contribution is -2.43. The summed E-state index contributed by atoms with van der Waals surface area (Å²) >= 11 is 3.27. The number of carbonyl (C=O) groups excluding carboxylic acids is 5. The lowest BCUT2D eigenvalue weighted by atomic mass is 9.76. The number of hydrazine groups is 1. The Morgan fingerprint density at radius 2 is 1.69 bits per heavy atom. The van der Waals surface area contributed by atoms with Crippen molar-refractivity contribution in [3.63, 3.8) is 0 Å². The molecule has 0 aromatic heterocycles. The molecule has 4 amide bonds. The summed E-state index contributed by atoms with van der Waals surface area (Å²) < 4.78 is 5.83. The molecule has 1 heterocycles. The average Bonchev–Trinajstić information content (AvgIpc) is 3.10. The second kappa shape index (κ2) is 10.4. The zero-order valence-electron chi connectivity index (χ0n) is 19.0. The number of fused-ring (bicyclic) bond motifs is 1. The summed E-state index contributed by atoms with van der Waals surface area (Å²) in [5.74, 6) is -2.78. The first-order chi connectivity index (χ1) is 16.7. The number of hydrogen-bond acceptors (Lipinski definition) is 6. The largest absolute Gasteiger partial charge is 0.452 e. The van der Waals surface area contributed by atoms with E-state index in [0.717, 1.165) is 15.8 Å². The van der Waals surface area contributed by atoms with Crippen LogP contribution in [0.3, 0.4) is 0 Å². The van der Waals surface area contributed by atoms with Crippen molar-refractivity contribution >= 4 is 51.2 Å². The van der Waals surface area contributed by atoms with Gasteiger partial charge in [-0.1, -0.05) is 28.9 Å². The number of nitrogens with one attached hydrogen (secondary N) is 2. The van der Waals surface area contributed by atoms with Crippen molar-refractivity contribution in [2.75, 3.05) is 11.5 Å². The molecule has 35 heavy (non-hydrogen) atoms. The van der Waals surface area contributed by atoms with Crippen LogP contribution in [-0.4, -0.2) is 36.2 Å². The van der Waals surface area contributed by atoms with E-state index < -0.39 is 24.4 Å². The third-order valence-corrected chi connectivity index (χ3v) is 6.81. The molecule has 0 radical (unpaired) electrons. The molecule has 2 aliphatic rings. The molecule has 1 saturated carbocycles. The second-order valence-corrected chi connectivity index (χ2v) is 9.69. The van der Waals surface area contributed by atoms with Crippen molar-refractivity contribution in [2.45, 2.75) is 26.2 Å². The second-order valence-electron chi connectivity index (χ2n) is 8.78. The van der Waals surface area contributed by atoms with Crippen molar-refractivity contribution in [3.8, 4) is 0 Å². The number of nitrogens with zero attached hydrogens (tertiary/aromatic N) is 1. The minimum absolute atomic E-state index is 0.0954. The van der Waals surface area contributed by atoms with Gasteiger partial charge in [0.05, 0.1) is 23.1 Å². The lowest BCUT2D eigenvalue weighted by Gasteiger charge is -2.25. The first-order valence-electron chi connectivity index (χ1n) is 11.2. The third-order valence-electron chi connectivity index (χ3n) is 6.28. The number of ether oxygens (including phenoxy) is 1. The van der Waals surface area contributed by atoms with Gasteiger partial charge < -0.3 is 4.74 Å². The Balaban J connectivity index is 1.33. The van der Waals surface area contributed by atoms with E-state index in [1.165, 1.54) is 12.1 Å². The van der Waals surface area contributed by atoms with Gasteiger partial charge in [0.1, 0.15) is 0 Å². The highest BCUT2D eigenvalue weighted by atomic mass is 79.9. The molecule has 2 aromatic carbocycles. The van der Waals surface area contributed by atoms with E-state index in [4.69, 9.17) is 4.74 Å². The predicted octanol–water partition coefficient (Wildman–Crippen LogP) is 2.99. The van der Waals surface area contributed by atoms with Crippen LogP contribution in [0.25, 0.3) is 0 Å². The maximum Gasteiger partial charge on any atom is 0.338 e. The third kappa shape index (κ3) is 5.43. The van der Waals surface area contributed by atoms with Crippen LogP contribution >= 0.6 is 15.9 Å². The smallest absolute Gasteiger partial charge is 0.338 e. The number of anilines is 1. The summed E-state index contributed by atoms with van der Waals surface area (Å²) in [6.45, 7) is 1.45. The zero-order valence-corrected chi connectivity index (χ0v) is 20.5. The molecule has 1 aliphatic carbocycles. The van der Waals surface area contributed by atoms with Gasteiger partial charge in [0.15, 0.2) is 6.61 Å². The van der Waals surface area contributed by atoms with E-state index >= 15 is 0 Å². The predicted molar refractivity (Wildman–Crippen MR) is 129 cm³/mol. The quantitative estimate of drug-likeness (QED) is 0.341. The fourth-order valence-electron chi connectivity index (χ4n) is 4.47. The number of hydrogen-bond donors (Lipinski definition) is 2. The molecule has 0 unspecified atom stereocenters. The highest BCUT2D eigenvalue weighted by Crippen LogP contribution is 2.42. The SMILES string of the molecule is C[C@@H]1CC[C@@H]2C(=O)N(c3cccc(C(=O)OCC(=O)NNC(=O)c4ccc(Br)cc4)c3)C(=O)[C@H]2C1. The molecule has 2 fully saturated rings. The molecule has 2 N–H and O–H groups in total. The number of imide groups is 1. The number of esters is 1. The van der Waals surface area contributed by atoms with Crippen LogP contribution in [0.4, 0.5) is 5.69 Å². The van der Waals surface area contributed by atoms with Crippen LogP contribution in [0.2, 0.25) is 0 Å². The van der Waals surface area contributed by atoms with Crippen LogP contribution in [0.15, 0.2) is 53.0 Å². The van der Waals surface area contributed by atoms with Crippen LogP contribution in [-0.2, 0) is 19.1 Å². The molecule has 1 aliphatic heterocycles. The van der Waals surface area contributed by atoms with Gasteiger partial charge in [-0.2, -0.15) is 0 Å². The van der Waals surface area contributed by atoms with Crippen molar-refractivity contribution in [2.24, 2.45) is 17.8 Å². The maximum atomic E-state index is 12.9. The molecule has 182 valence electrons. The van der Waals surface area contributed by atoms with Crippen molar-refractivity contribution in [1.29, 1.82) is 0 Å². The van der Waals surface area contributed by atoms with Crippen LogP contribution < -0.4 is 15.8 Å². The maximum absolute atomic E-state index is 12.9. The van der Waals surface area contributed by atoms with Gasteiger partial charge in [0, 0.05) is 10.0 Å². The molecule has 9 nitrogen and oxygen atoms in total. The average molecular weight is 542 g/mol. The van der Waals surface area contributed by atoms with E-state index in [2.05, 4.69) is 33.7 Å². The van der Waals surface area contributed by atoms with E-state index in [1.54, 1.807) is 36.4 Å². The van der Waals surface area contributed by atoms with E-state index in [9.17, 15) is 24.0 Å². The molecule has 10 heteroatoms. The van der Waals surface area contributed by atoms with Gasteiger partial charge in [-0.25, -0.2) is 4.79 Å². The summed E-state index contributed by atoms with van der Waals surface area (Å²) in [5.41, 5.74) is 5.15. The van der Waals surface area contributed by atoms with Crippen LogP contribution in [0, 0.1) is 17.8 Å². The van der Waals surface area contributed by atoms with Crippen molar-refractivity contribution < 1.29 is 28.7 Å². The Kier molecular flexibility index (Phi) is 7.30. The van der Waals surface area contributed by atoms with Crippen LogP contribution in [0.1, 0.15) is 46.9 Å². The monoisotopic (exact) mass is 541 g/mol. The molecule has 2 aromatic rings. The highest BCUT2D eigenvalue weighted by Gasteiger charge is 2.50. The van der Waals surface area contributed by atoms with E-state index in [1.807, 2.05) is 0 Å². The first kappa shape index (κ1) is 24.6. The summed E-state index contributed by atoms with van der Waals surface area (Å²) in [6.07, 6.45) is 2.27. The standard InChI is InChI=1S/C25H24BrN3O6/c1-14-5-10-19-20(11-14)24(33)29(23(19)32)18-4-2-3-16(12-18)25(34)35-13-21(30)27-28-22(31)15-6-8-17(26)9-7-15/h2-4,6-9,12,14,19-20H,5,10-11,13H2,1H3,(H,27,30)(H,28,31)/t14-,19+,20+/m1/s1. The van der Waals surface area contributed by atoms with E-state index in [-0.39, 0.29) is 29.2 Å². The number of carbonyl (C=O) groups is 5. The van der Waals surface area contributed by atoms with Gasteiger partial charge in [-0.05, 0) is 67.6 Å². The summed E-state index contributed by atoms with van der Waals surface area (Å²) in [7, 11) is 0. The fraction of sp³-hybridized carbons (Fsp3) is 0.320. The molecule has 1 saturated heterocycles. The summed E-state index contributed by atoms with van der Waals surface area (Å²) in [4.78, 5) is 63.5. The topological polar surface area (TPSA) is 122 Å². The van der Waals surface area contributed by atoms with Crippen LogP contribution in [0.5, 0.6) is 0 Å². The molecular weight excluding hydrogens is 518 g/mol. The summed E-state index contributed by atoms with van der Waals surface area (Å²) in [5, 5.41) is 0. The Labute approximate surface area is 210 Å². The molecular formula is C25H24BrN3O6. The Morgan fingerprint density at radius 1 is 0.971 bits per heavy atom. The zero-order chi connectivity index (χ0) is 25.1. The first-order valence-corrected chi connectivity index (χ1v) is 12.0. The van der Waals surface area contributed by atoms with E-state index in [0.29, 0.717) is 30.0 Å². The molecule has 3 atom stereocenters. The molecule has 4 rings (SSSR count). The van der Waals surface area contributed by atoms with Crippen molar-refractivity contribution in [1.82, 2.24) is 10.9 Å². The minimum Gasteiger partial charge on any atom is -0.452 e. The van der Waals surface area contributed by atoms with Gasteiger partial charge in [0.25, 0.3) is 11.8 Å². The Hall–Kier alpha value is -3.53. The number of benzene rings is 2. The Bertz CT molecular complexity index is 1180.